The molecule has 2 aliphatic heterocycles. The van der Waals surface area contributed by atoms with E-state index in [0.717, 1.165) is 25.1 Å². The Labute approximate surface area is 131 Å². The van der Waals surface area contributed by atoms with Crippen LogP contribution in [0.3, 0.4) is 0 Å². The van der Waals surface area contributed by atoms with E-state index in [9.17, 15) is 0 Å². The second-order valence-corrected chi connectivity index (χ2v) is 7.83. The average Bonchev–Trinajstić information content (AvgIpc) is 2.75. The molecule has 2 fully saturated rings. The molecule has 5 heteroatoms. The highest BCUT2D eigenvalue weighted by molar-refractivity contribution is 7.99. The summed E-state index contributed by atoms with van der Waals surface area (Å²) in [7, 11) is 0. The van der Waals surface area contributed by atoms with Crippen molar-refractivity contribution < 1.29 is 4.74 Å². The van der Waals surface area contributed by atoms with Gasteiger partial charge in [-0.05, 0) is 58.0 Å². The number of rotatable bonds is 2. The summed E-state index contributed by atoms with van der Waals surface area (Å²) < 4.78 is 8.44. The fraction of sp³-hybridized carbons (Fsp3) is 0.812. The fourth-order valence-electron chi connectivity index (χ4n) is 3.99. The summed E-state index contributed by atoms with van der Waals surface area (Å²) in [6.45, 7) is 7.15. The van der Waals surface area contributed by atoms with Crippen LogP contribution in [0.5, 0.6) is 0 Å². The van der Waals surface area contributed by atoms with Crippen LogP contribution in [-0.4, -0.2) is 33.5 Å². The van der Waals surface area contributed by atoms with E-state index in [1.54, 1.807) is 0 Å². The highest BCUT2D eigenvalue weighted by atomic mass is 32.2. The lowest BCUT2D eigenvalue weighted by Gasteiger charge is -2.43. The van der Waals surface area contributed by atoms with Crippen LogP contribution < -0.4 is 5.73 Å². The number of ether oxygens (including phenoxy) is 1. The minimum absolute atomic E-state index is 0.0543. The van der Waals surface area contributed by atoms with Crippen LogP contribution in [0.25, 0.3) is 0 Å². The SMILES string of the molecule is Cc1nn(C2CCOC3(CCSCC3)C2)c(C)c1C(C)N. The highest BCUT2D eigenvalue weighted by Crippen LogP contribution is 2.42. The van der Waals surface area contributed by atoms with E-state index < -0.39 is 0 Å². The molecule has 2 N–H and O–H groups in total. The Morgan fingerprint density at radius 2 is 2.10 bits per heavy atom. The number of thioether (sulfide) groups is 1. The summed E-state index contributed by atoms with van der Waals surface area (Å²) in [5, 5.41) is 4.81. The maximum absolute atomic E-state index is 6.20. The third-order valence-electron chi connectivity index (χ3n) is 5.05. The summed E-state index contributed by atoms with van der Waals surface area (Å²) in [4.78, 5) is 0. The first-order valence-corrected chi connectivity index (χ1v) is 9.21. The molecule has 21 heavy (non-hydrogen) atoms. The van der Waals surface area contributed by atoms with Gasteiger partial charge in [-0.15, -0.1) is 0 Å². The molecule has 2 atom stereocenters. The molecule has 0 radical (unpaired) electrons. The van der Waals surface area contributed by atoms with Gasteiger partial charge < -0.3 is 10.5 Å². The van der Waals surface area contributed by atoms with Crippen LogP contribution in [0, 0.1) is 13.8 Å². The fourth-order valence-corrected chi connectivity index (χ4v) is 5.23. The molecular weight excluding hydrogens is 282 g/mol. The third kappa shape index (κ3) is 2.88. The van der Waals surface area contributed by atoms with E-state index >= 15 is 0 Å². The Morgan fingerprint density at radius 1 is 1.38 bits per heavy atom. The zero-order chi connectivity index (χ0) is 15.0. The topological polar surface area (TPSA) is 53.1 Å². The van der Waals surface area contributed by atoms with Gasteiger partial charge in [-0.2, -0.15) is 16.9 Å². The number of aromatic nitrogens is 2. The van der Waals surface area contributed by atoms with Gasteiger partial charge in [-0.25, -0.2) is 0 Å². The molecule has 3 rings (SSSR count). The second-order valence-electron chi connectivity index (χ2n) is 6.61. The molecule has 2 saturated heterocycles. The molecular formula is C16H27N3OS. The van der Waals surface area contributed by atoms with E-state index in [0.29, 0.717) is 6.04 Å². The Morgan fingerprint density at radius 3 is 2.71 bits per heavy atom. The van der Waals surface area contributed by atoms with Gasteiger partial charge in [0.1, 0.15) is 0 Å². The molecule has 3 heterocycles. The second kappa shape index (κ2) is 5.94. The van der Waals surface area contributed by atoms with Gasteiger partial charge >= 0.3 is 0 Å². The van der Waals surface area contributed by atoms with Crippen molar-refractivity contribution in [2.45, 2.75) is 64.1 Å². The Hall–Kier alpha value is -0.520. The van der Waals surface area contributed by atoms with Crippen molar-refractivity contribution in [1.29, 1.82) is 0 Å². The van der Waals surface area contributed by atoms with Gasteiger partial charge in [0.25, 0.3) is 0 Å². The standard InChI is InChI=1S/C16H27N3OS/c1-11(17)15-12(2)18-19(13(15)3)14-4-7-20-16(10-14)5-8-21-9-6-16/h11,14H,4-10,17H2,1-3H3. The first kappa shape index (κ1) is 15.4. The highest BCUT2D eigenvalue weighted by Gasteiger charge is 2.40. The summed E-state index contributed by atoms with van der Waals surface area (Å²) in [5.74, 6) is 2.46. The van der Waals surface area contributed by atoms with Crippen molar-refractivity contribution in [3.63, 3.8) is 0 Å². The quantitative estimate of drug-likeness (QED) is 0.912. The Balaban J connectivity index is 1.85. The number of aryl methyl sites for hydroxylation is 1. The first-order chi connectivity index (χ1) is 10.0. The summed E-state index contributed by atoms with van der Waals surface area (Å²) >= 11 is 2.05. The number of nitrogens with zero attached hydrogens (tertiary/aromatic N) is 2. The van der Waals surface area contributed by atoms with Crippen molar-refractivity contribution in [3.05, 3.63) is 17.0 Å². The van der Waals surface area contributed by atoms with Crippen LogP contribution in [0.15, 0.2) is 0 Å². The molecule has 2 unspecified atom stereocenters. The zero-order valence-electron chi connectivity index (χ0n) is 13.4. The summed E-state index contributed by atoms with van der Waals surface area (Å²) in [5.41, 5.74) is 9.77. The monoisotopic (exact) mass is 309 g/mol. The molecule has 2 aliphatic rings. The van der Waals surface area contributed by atoms with Crippen LogP contribution in [-0.2, 0) is 4.74 Å². The largest absolute Gasteiger partial charge is 0.375 e. The van der Waals surface area contributed by atoms with Gasteiger partial charge in [-0.3, -0.25) is 4.68 Å². The molecule has 4 nitrogen and oxygen atoms in total. The molecule has 0 saturated carbocycles. The van der Waals surface area contributed by atoms with Crippen molar-refractivity contribution >= 4 is 11.8 Å². The van der Waals surface area contributed by atoms with Gasteiger partial charge in [-0.1, -0.05) is 0 Å². The Kier molecular flexibility index (Phi) is 4.35. The van der Waals surface area contributed by atoms with E-state index in [2.05, 4.69) is 30.3 Å². The lowest BCUT2D eigenvalue weighted by atomic mass is 9.85. The molecule has 0 aliphatic carbocycles. The van der Waals surface area contributed by atoms with Crippen LogP contribution in [0.2, 0.25) is 0 Å². The normalized spacial score (nSPS) is 27.0. The Bertz CT molecular complexity index is 500. The lowest BCUT2D eigenvalue weighted by Crippen LogP contribution is -2.43. The van der Waals surface area contributed by atoms with E-state index in [1.165, 1.54) is 35.6 Å². The zero-order valence-corrected chi connectivity index (χ0v) is 14.2. The van der Waals surface area contributed by atoms with Crippen molar-refractivity contribution in [1.82, 2.24) is 9.78 Å². The maximum atomic E-state index is 6.20. The minimum Gasteiger partial charge on any atom is -0.375 e. The predicted molar refractivity (Wildman–Crippen MR) is 87.8 cm³/mol. The molecule has 1 aromatic heterocycles. The molecule has 0 aromatic carbocycles. The lowest BCUT2D eigenvalue weighted by molar-refractivity contribution is -0.100. The van der Waals surface area contributed by atoms with Crippen molar-refractivity contribution in [2.75, 3.05) is 18.1 Å². The average molecular weight is 309 g/mol. The summed E-state index contributed by atoms with van der Waals surface area (Å²) in [6, 6.07) is 0.520. The van der Waals surface area contributed by atoms with Gasteiger partial charge in [0, 0.05) is 23.9 Å². The van der Waals surface area contributed by atoms with Gasteiger partial charge in [0.05, 0.1) is 17.3 Å². The molecule has 118 valence electrons. The number of hydrogen-bond acceptors (Lipinski definition) is 4. The number of nitrogens with two attached hydrogens (primary N) is 1. The minimum atomic E-state index is 0.0543. The van der Waals surface area contributed by atoms with Crippen LogP contribution in [0.1, 0.15) is 61.6 Å². The van der Waals surface area contributed by atoms with E-state index in [4.69, 9.17) is 15.6 Å². The van der Waals surface area contributed by atoms with Gasteiger partial charge in [0.2, 0.25) is 0 Å². The van der Waals surface area contributed by atoms with Gasteiger partial charge in [0.15, 0.2) is 0 Å². The van der Waals surface area contributed by atoms with Crippen LogP contribution >= 0.6 is 11.8 Å². The number of hydrogen-bond donors (Lipinski definition) is 1. The first-order valence-electron chi connectivity index (χ1n) is 8.05. The summed E-state index contributed by atoms with van der Waals surface area (Å²) in [6.07, 6.45) is 4.55. The van der Waals surface area contributed by atoms with E-state index in [-0.39, 0.29) is 11.6 Å². The van der Waals surface area contributed by atoms with Crippen LogP contribution in [0.4, 0.5) is 0 Å². The molecule has 0 amide bonds. The van der Waals surface area contributed by atoms with Crippen molar-refractivity contribution in [2.24, 2.45) is 5.73 Å². The van der Waals surface area contributed by atoms with E-state index in [1.807, 2.05) is 6.92 Å². The third-order valence-corrected chi connectivity index (χ3v) is 6.04. The van der Waals surface area contributed by atoms with Crippen molar-refractivity contribution in [3.8, 4) is 0 Å². The smallest absolute Gasteiger partial charge is 0.0718 e. The predicted octanol–water partition coefficient (Wildman–Crippen LogP) is 3.14. The molecule has 0 bridgehead atoms. The maximum Gasteiger partial charge on any atom is 0.0718 e. The molecule has 1 spiro atoms. The molecule has 1 aromatic rings.